The van der Waals surface area contributed by atoms with Crippen molar-refractivity contribution < 1.29 is 9.18 Å². The van der Waals surface area contributed by atoms with E-state index in [0.717, 1.165) is 23.4 Å². The quantitative estimate of drug-likeness (QED) is 0.815. The minimum atomic E-state index is -0.554. The van der Waals surface area contributed by atoms with E-state index >= 15 is 0 Å². The van der Waals surface area contributed by atoms with Gasteiger partial charge in [-0.05, 0) is 37.1 Å². The van der Waals surface area contributed by atoms with Crippen molar-refractivity contribution in [3.8, 4) is 0 Å². The Morgan fingerprint density at radius 1 is 1.32 bits per heavy atom. The first-order valence-electron chi connectivity index (χ1n) is 5.76. The summed E-state index contributed by atoms with van der Waals surface area (Å²) in [6, 6.07) is 4.73. The molecule has 0 aliphatic carbocycles. The molecule has 1 amide bonds. The first-order valence-corrected chi connectivity index (χ1v) is 5.76. The van der Waals surface area contributed by atoms with Gasteiger partial charge >= 0.3 is 0 Å². The summed E-state index contributed by atoms with van der Waals surface area (Å²) in [6.45, 7) is 3.79. The summed E-state index contributed by atoms with van der Waals surface area (Å²) in [5.41, 5.74) is 8.92. The van der Waals surface area contributed by atoms with Gasteiger partial charge in [-0.3, -0.25) is 9.78 Å². The Bertz CT molecular complexity index is 641. The summed E-state index contributed by atoms with van der Waals surface area (Å²) >= 11 is 0. The van der Waals surface area contributed by atoms with Crippen molar-refractivity contribution in [3.63, 3.8) is 0 Å². The smallest absolute Gasteiger partial charge is 0.257 e. The normalized spacial score (nSPS) is 10.3. The molecule has 0 aliphatic rings. The molecular weight excluding hydrogens is 245 g/mol. The third-order valence-corrected chi connectivity index (χ3v) is 2.97. The molecule has 0 unspecified atom stereocenters. The molecule has 0 fully saturated rings. The van der Waals surface area contributed by atoms with Crippen LogP contribution in [0.25, 0.3) is 0 Å². The lowest BCUT2D eigenvalue weighted by Crippen LogP contribution is -2.15. The van der Waals surface area contributed by atoms with Gasteiger partial charge in [0.15, 0.2) is 0 Å². The molecule has 2 aromatic rings. The number of pyridine rings is 1. The summed E-state index contributed by atoms with van der Waals surface area (Å²) in [7, 11) is 0. The average molecular weight is 259 g/mol. The summed E-state index contributed by atoms with van der Waals surface area (Å²) in [5.74, 6) is -0.992. The van der Waals surface area contributed by atoms with Gasteiger partial charge in [-0.15, -0.1) is 0 Å². The molecule has 5 heteroatoms. The van der Waals surface area contributed by atoms with Crippen LogP contribution in [0.5, 0.6) is 0 Å². The number of halogens is 1. The van der Waals surface area contributed by atoms with Crippen LogP contribution in [0.1, 0.15) is 21.5 Å². The van der Waals surface area contributed by atoms with Crippen molar-refractivity contribution in [1.29, 1.82) is 0 Å². The van der Waals surface area contributed by atoms with Crippen LogP contribution >= 0.6 is 0 Å². The molecule has 0 saturated carbocycles. The van der Waals surface area contributed by atoms with Crippen molar-refractivity contribution in [2.75, 3.05) is 11.1 Å². The number of anilines is 2. The van der Waals surface area contributed by atoms with Crippen LogP contribution in [-0.2, 0) is 0 Å². The van der Waals surface area contributed by atoms with Gasteiger partial charge in [0.2, 0.25) is 0 Å². The second-order valence-corrected chi connectivity index (χ2v) is 4.32. The Kier molecular flexibility index (Phi) is 3.46. The SMILES string of the molecule is Cc1ccc(N)c(NC(=O)c2cncc(F)c2)c1C. The molecular formula is C14H14FN3O. The summed E-state index contributed by atoms with van der Waals surface area (Å²) < 4.78 is 13.0. The topological polar surface area (TPSA) is 68.0 Å². The van der Waals surface area contributed by atoms with E-state index in [2.05, 4.69) is 10.3 Å². The van der Waals surface area contributed by atoms with Crippen LogP contribution in [0.4, 0.5) is 15.8 Å². The number of benzene rings is 1. The standard InChI is InChI=1S/C14H14FN3O/c1-8-3-4-12(16)13(9(8)2)18-14(19)10-5-11(15)7-17-6-10/h3-7H,16H2,1-2H3,(H,18,19). The van der Waals surface area contributed by atoms with Crippen LogP contribution in [0.3, 0.4) is 0 Å². The van der Waals surface area contributed by atoms with Gasteiger partial charge in [0, 0.05) is 6.20 Å². The highest BCUT2D eigenvalue weighted by Crippen LogP contribution is 2.26. The van der Waals surface area contributed by atoms with Gasteiger partial charge in [-0.1, -0.05) is 6.07 Å². The third-order valence-electron chi connectivity index (χ3n) is 2.97. The lowest BCUT2D eigenvalue weighted by Gasteiger charge is -2.13. The minimum Gasteiger partial charge on any atom is -0.397 e. The Hall–Kier alpha value is -2.43. The van der Waals surface area contributed by atoms with Gasteiger partial charge in [0.1, 0.15) is 5.82 Å². The molecule has 19 heavy (non-hydrogen) atoms. The largest absolute Gasteiger partial charge is 0.397 e. The van der Waals surface area contributed by atoms with Crippen LogP contribution in [0.15, 0.2) is 30.6 Å². The summed E-state index contributed by atoms with van der Waals surface area (Å²) in [5, 5.41) is 2.69. The molecule has 3 N–H and O–H groups in total. The highest BCUT2D eigenvalue weighted by Gasteiger charge is 2.12. The average Bonchev–Trinajstić information content (AvgIpc) is 2.39. The molecule has 1 aromatic heterocycles. The van der Waals surface area contributed by atoms with Crippen molar-refractivity contribution in [2.24, 2.45) is 0 Å². The molecule has 0 aliphatic heterocycles. The second kappa shape index (κ2) is 5.06. The van der Waals surface area contributed by atoms with Crippen LogP contribution in [-0.4, -0.2) is 10.9 Å². The first kappa shape index (κ1) is 13.0. The molecule has 0 spiro atoms. The number of hydrogen-bond acceptors (Lipinski definition) is 3. The number of nitrogens with zero attached hydrogens (tertiary/aromatic N) is 1. The maximum absolute atomic E-state index is 13.0. The highest BCUT2D eigenvalue weighted by molar-refractivity contribution is 6.06. The van der Waals surface area contributed by atoms with Crippen molar-refractivity contribution >= 4 is 17.3 Å². The van der Waals surface area contributed by atoms with E-state index in [4.69, 9.17) is 5.73 Å². The first-order chi connectivity index (χ1) is 8.99. The van der Waals surface area contributed by atoms with Crippen molar-refractivity contribution in [1.82, 2.24) is 4.98 Å². The van der Waals surface area contributed by atoms with Gasteiger partial charge in [0.25, 0.3) is 5.91 Å². The predicted octanol–water partition coefficient (Wildman–Crippen LogP) is 2.67. The number of nitrogen functional groups attached to an aromatic ring is 1. The lowest BCUT2D eigenvalue weighted by molar-refractivity contribution is 0.102. The predicted molar refractivity (Wildman–Crippen MR) is 72.5 cm³/mol. The summed E-state index contributed by atoms with van der Waals surface area (Å²) in [6.07, 6.45) is 2.35. The molecule has 0 saturated heterocycles. The fraction of sp³-hybridized carbons (Fsp3) is 0.143. The van der Waals surface area contributed by atoms with Crippen molar-refractivity contribution in [3.05, 3.63) is 53.1 Å². The number of amides is 1. The van der Waals surface area contributed by atoms with E-state index in [9.17, 15) is 9.18 Å². The fourth-order valence-electron chi connectivity index (χ4n) is 1.72. The maximum Gasteiger partial charge on any atom is 0.257 e. The number of hydrogen-bond donors (Lipinski definition) is 2. The van der Waals surface area contributed by atoms with Gasteiger partial charge in [0.05, 0.1) is 23.1 Å². The van der Waals surface area contributed by atoms with Gasteiger partial charge < -0.3 is 11.1 Å². The van der Waals surface area contributed by atoms with E-state index in [1.807, 2.05) is 19.9 Å². The van der Waals surface area contributed by atoms with Crippen LogP contribution in [0.2, 0.25) is 0 Å². The fourth-order valence-corrected chi connectivity index (χ4v) is 1.72. The van der Waals surface area contributed by atoms with E-state index in [1.165, 1.54) is 6.20 Å². The van der Waals surface area contributed by atoms with Gasteiger partial charge in [-0.25, -0.2) is 4.39 Å². The zero-order chi connectivity index (χ0) is 14.0. The number of aromatic nitrogens is 1. The van der Waals surface area contributed by atoms with E-state index in [1.54, 1.807) is 6.07 Å². The number of rotatable bonds is 2. The van der Waals surface area contributed by atoms with Gasteiger partial charge in [-0.2, -0.15) is 0 Å². The third kappa shape index (κ3) is 2.70. The zero-order valence-corrected chi connectivity index (χ0v) is 10.7. The van der Waals surface area contributed by atoms with E-state index in [-0.39, 0.29) is 5.56 Å². The van der Waals surface area contributed by atoms with E-state index in [0.29, 0.717) is 11.4 Å². The number of nitrogens with two attached hydrogens (primary N) is 1. The minimum absolute atomic E-state index is 0.153. The Labute approximate surface area is 110 Å². The molecule has 1 heterocycles. The highest BCUT2D eigenvalue weighted by atomic mass is 19.1. The number of nitrogens with one attached hydrogen (secondary N) is 1. The zero-order valence-electron chi connectivity index (χ0n) is 10.7. The molecule has 0 atom stereocenters. The molecule has 4 nitrogen and oxygen atoms in total. The van der Waals surface area contributed by atoms with Crippen LogP contribution in [0, 0.1) is 19.7 Å². The van der Waals surface area contributed by atoms with E-state index < -0.39 is 11.7 Å². The van der Waals surface area contributed by atoms with Crippen LogP contribution < -0.4 is 11.1 Å². The van der Waals surface area contributed by atoms with Crippen molar-refractivity contribution in [2.45, 2.75) is 13.8 Å². The summed E-state index contributed by atoms with van der Waals surface area (Å²) in [4.78, 5) is 15.7. The Morgan fingerprint density at radius 2 is 2.05 bits per heavy atom. The Balaban J connectivity index is 2.32. The maximum atomic E-state index is 13.0. The molecule has 98 valence electrons. The molecule has 1 aromatic carbocycles. The number of carbonyl (C=O) groups is 1. The molecule has 0 bridgehead atoms. The second-order valence-electron chi connectivity index (χ2n) is 4.32. The molecule has 0 radical (unpaired) electrons. The number of aryl methyl sites for hydroxylation is 1. The number of carbonyl (C=O) groups excluding carboxylic acids is 1. The lowest BCUT2D eigenvalue weighted by atomic mass is 10.1. The Morgan fingerprint density at radius 3 is 2.74 bits per heavy atom. The molecule has 2 rings (SSSR count). The monoisotopic (exact) mass is 259 g/mol.